The molecule has 0 aromatic carbocycles. The number of amides is 2. The standard InChI is InChI=1S/C18H34N4O4S/c1-6-20(7-2)27(25,26)21-13-11-19(12-14-21)16(23)15-9-8-10-22(15)17(24)18(3,4)5/h15H,6-14H2,1-5H3. The Morgan fingerprint density at radius 3 is 2.04 bits per heavy atom. The molecule has 2 amide bonds. The highest BCUT2D eigenvalue weighted by Crippen LogP contribution is 2.27. The molecule has 2 heterocycles. The van der Waals surface area contributed by atoms with Crippen molar-refractivity contribution in [1.82, 2.24) is 18.4 Å². The van der Waals surface area contributed by atoms with Crippen molar-refractivity contribution in [2.75, 3.05) is 45.8 Å². The van der Waals surface area contributed by atoms with Gasteiger partial charge in [-0.05, 0) is 12.8 Å². The first-order valence-corrected chi connectivity index (χ1v) is 11.3. The fourth-order valence-corrected chi connectivity index (χ4v) is 5.36. The monoisotopic (exact) mass is 402 g/mol. The zero-order chi connectivity index (χ0) is 20.4. The van der Waals surface area contributed by atoms with Gasteiger partial charge in [0.25, 0.3) is 10.2 Å². The number of piperazine rings is 1. The Hall–Kier alpha value is -1.19. The molecule has 0 aliphatic carbocycles. The van der Waals surface area contributed by atoms with E-state index < -0.39 is 21.7 Å². The van der Waals surface area contributed by atoms with Gasteiger partial charge in [-0.3, -0.25) is 9.59 Å². The number of carbonyl (C=O) groups is 2. The number of nitrogens with zero attached hydrogens (tertiary/aromatic N) is 4. The minimum Gasteiger partial charge on any atom is -0.338 e. The molecule has 0 N–H and O–H groups in total. The fraction of sp³-hybridized carbons (Fsp3) is 0.889. The van der Waals surface area contributed by atoms with Crippen molar-refractivity contribution in [1.29, 1.82) is 0 Å². The Labute approximate surface area is 163 Å². The maximum Gasteiger partial charge on any atom is 0.282 e. The highest BCUT2D eigenvalue weighted by Gasteiger charge is 2.41. The second kappa shape index (κ2) is 8.45. The van der Waals surface area contributed by atoms with Crippen LogP contribution < -0.4 is 0 Å². The van der Waals surface area contributed by atoms with Crippen molar-refractivity contribution in [2.24, 2.45) is 5.41 Å². The molecule has 27 heavy (non-hydrogen) atoms. The lowest BCUT2D eigenvalue weighted by Crippen LogP contribution is -2.57. The molecule has 1 atom stereocenters. The molecular weight excluding hydrogens is 368 g/mol. The van der Waals surface area contributed by atoms with Crippen molar-refractivity contribution in [3.63, 3.8) is 0 Å². The quantitative estimate of drug-likeness (QED) is 0.680. The number of likely N-dealkylation sites (tertiary alicyclic amines) is 1. The Bertz CT molecular complexity index is 647. The van der Waals surface area contributed by atoms with E-state index in [2.05, 4.69) is 0 Å². The molecule has 1 unspecified atom stereocenters. The number of hydrogen-bond acceptors (Lipinski definition) is 4. The summed E-state index contributed by atoms with van der Waals surface area (Å²) in [4.78, 5) is 29.1. The van der Waals surface area contributed by atoms with Crippen LogP contribution in [-0.2, 0) is 19.8 Å². The summed E-state index contributed by atoms with van der Waals surface area (Å²) in [6.45, 7) is 12.1. The van der Waals surface area contributed by atoms with Gasteiger partial charge < -0.3 is 9.80 Å². The van der Waals surface area contributed by atoms with Crippen molar-refractivity contribution in [3.8, 4) is 0 Å². The largest absolute Gasteiger partial charge is 0.338 e. The first kappa shape index (κ1) is 22.1. The van der Waals surface area contributed by atoms with Crippen molar-refractivity contribution in [3.05, 3.63) is 0 Å². The molecule has 2 rings (SSSR count). The third-order valence-electron chi connectivity index (χ3n) is 5.35. The van der Waals surface area contributed by atoms with Crippen LogP contribution in [0, 0.1) is 5.41 Å². The summed E-state index contributed by atoms with van der Waals surface area (Å²) in [5, 5.41) is 0. The van der Waals surface area contributed by atoms with Gasteiger partial charge in [-0.1, -0.05) is 34.6 Å². The fourth-order valence-electron chi connectivity index (χ4n) is 3.76. The van der Waals surface area contributed by atoms with Crippen molar-refractivity contribution in [2.45, 2.75) is 53.5 Å². The molecule has 0 aromatic rings. The lowest BCUT2D eigenvalue weighted by molar-refractivity contribution is -0.148. The molecule has 156 valence electrons. The van der Waals surface area contributed by atoms with E-state index in [-0.39, 0.29) is 11.8 Å². The molecule has 0 bridgehead atoms. The van der Waals surface area contributed by atoms with Crippen LogP contribution >= 0.6 is 0 Å². The van der Waals surface area contributed by atoms with Gasteiger partial charge >= 0.3 is 0 Å². The zero-order valence-electron chi connectivity index (χ0n) is 17.3. The molecule has 2 saturated heterocycles. The molecule has 2 aliphatic rings. The maximum absolute atomic E-state index is 13.0. The van der Waals surface area contributed by atoms with Crippen LogP contribution in [0.1, 0.15) is 47.5 Å². The highest BCUT2D eigenvalue weighted by molar-refractivity contribution is 7.86. The maximum atomic E-state index is 13.0. The molecule has 0 aromatic heterocycles. The number of hydrogen-bond donors (Lipinski definition) is 0. The second-order valence-corrected chi connectivity index (χ2v) is 10.2. The third kappa shape index (κ3) is 4.63. The number of carbonyl (C=O) groups excluding carboxylic acids is 2. The van der Waals surface area contributed by atoms with E-state index in [9.17, 15) is 18.0 Å². The van der Waals surface area contributed by atoms with Gasteiger partial charge in [-0.25, -0.2) is 0 Å². The summed E-state index contributed by atoms with van der Waals surface area (Å²) in [7, 11) is -3.47. The van der Waals surface area contributed by atoms with E-state index in [1.165, 1.54) is 8.61 Å². The van der Waals surface area contributed by atoms with Crippen LogP contribution in [0.2, 0.25) is 0 Å². The second-order valence-electron chi connectivity index (χ2n) is 8.22. The average Bonchev–Trinajstić information content (AvgIpc) is 3.10. The minimum absolute atomic E-state index is 0.00102. The normalized spacial score (nSPS) is 22.5. The van der Waals surface area contributed by atoms with Gasteiger partial charge in [-0.2, -0.15) is 17.0 Å². The summed E-state index contributed by atoms with van der Waals surface area (Å²) >= 11 is 0. The van der Waals surface area contributed by atoms with Gasteiger partial charge in [0, 0.05) is 51.2 Å². The molecule has 0 radical (unpaired) electrons. The predicted molar refractivity (Wildman–Crippen MR) is 104 cm³/mol. The molecule has 2 fully saturated rings. The van der Waals surface area contributed by atoms with Crippen LogP contribution in [0.15, 0.2) is 0 Å². The van der Waals surface area contributed by atoms with Gasteiger partial charge in [0.15, 0.2) is 0 Å². The van der Waals surface area contributed by atoms with Gasteiger partial charge in [0.2, 0.25) is 11.8 Å². The summed E-state index contributed by atoms with van der Waals surface area (Å²) < 4.78 is 28.1. The minimum atomic E-state index is -3.47. The van der Waals surface area contributed by atoms with Crippen molar-refractivity contribution >= 4 is 22.0 Å². The molecule has 0 saturated carbocycles. The molecular formula is C18H34N4O4S. The predicted octanol–water partition coefficient (Wildman–Crippen LogP) is 0.754. The van der Waals surface area contributed by atoms with E-state index in [4.69, 9.17) is 0 Å². The smallest absolute Gasteiger partial charge is 0.282 e. The molecule has 2 aliphatic heterocycles. The Kier molecular flexibility index (Phi) is 6.91. The van der Waals surface area contributed by atoms with Crippen molar-refractivity contribution < 1.29 is 18.0 Å². The topological polar surface area (TPSA) is 81.2 Å². The third-order valence-corrected chi connectivity index (χ3v) is 7.54. The zero-order valence-corrected chi connectivity index (χ0v) is 18.1. The van der Waals surface area contributed by atoms with Crippen LogP contribution in [0.4, 0.5) is 0 Å². The molecule has 0 spiro atoms. The van der Waals surface area contributed by atoms with Crippen LogP contribution in [0.3, 0.4) is 0 Å². The van der Waals surface area contributed by atoms with E-state index in [1.54, 1.807) is 9.80 Å². The van der Waals surface area contributed by atoms with E-state index in [0.29, 0.717) is 52.2 Å². The van der Waals surface area contributed by atoms with Gasteiger partial charge in [0.1, 0.15) is 6.04 Å². The Morgan fingerprint density at radius 2 is 1.56 bits per heavy atom. The van der Waals surface area contributed by atoms with Crippen LogP contribution in [0.5, 0.6) is 0 Å². The van der Waals surface area contributed by atoms with E-state index >= 15 is 0 Å². The molecule has 9 heteroatoms. The van der Waals surface area contributed by atoms with Gasteiger partial charge in [-0.15, -0.1) is 0 Å². The average molecular weight is 403 g/mol. The summed E-state index contributed by atoms with van der Waals surface area (Å²) in [5.41, 5.74) is -0.514. The Balaban J connectivity index is 2.01. The summed E-state index contributed by atoms with van der Waals surface area (Å²) in [5.74, 6) is -0.0499. The Morgan fingerprint density at radius 1 is 1.00 bits per heavy atom. The van der Waals surface area contributed by atoms with E-state index in [1.807, 2.05) is 34.6 Å². The first-order valence-electron chi connectivity index (χ1n) is 9.89. The SMILES string of the molecule is CCN(CC)S(=O)(=O)N1CCN(C(=O)C2CCCN2C(=O)C(C)(C)C)CC1. The lowest BCUT2D eigenvalue weighted by atomic mass is 9.94. The number of rotatable bonds is 5. The lowest BCUT2D eigenvalue weighted by Gasteiger charge is -2.39. The first-order chi connectivity index (χ1) is 12.5. The highest BCUT2D eigenvalue weighted by atomic mass is 32.2. The molecule has 8 nitrogen and oxygen atoms in total. The van der Waals surface area contributed by atoms with E-state index in [0.717, 1.165) is 6.42 Å². The van der Waals surface area contributed by atoms with Crippen LogP contribution in [0.25, 0.3) is 0 Å². The van der Waals surface area contributed by atoms with Crippen LogP contribution in [-0.4, -0.2) is 90.5 Å². The summed E-state index contributed by atoms with van der Waals surface area (Å²) in [6, 6.07) is -0.414. The van der Waals surface area contributed by atoms with Gasteiger partial charge in [0.05, 0.1) is 0 Å². The summed E-state index contributed by atoms with van der Waals surface area (Å²) in [6.07, 6.45) is 1.51.